The van der Waals surface area contributed by atoms with Crippen molar-refractivity contribution in [1.82, 2.24) is 9.38 Å². The van der Waals surface area contributed by atoms with Gasteiger partial charge in [-0.25, -0.2) is 4.98 Å². The van der Waals surface area contributed by atoms with Crippen LogP contribution in [0.1, 0.15) is 17.7 Å². The minimum absolute atomic E-state index is 0.124. The maximum absolute atomic E-state index is 10.5. The van der Waals surface area contributed by atoms with Crippen LogP contribution in [0.2, 0.25) is 0 Å². The molecule has 2 aromatic rings. The topological polar surface area (TPSA) is 54.6 Å². The number of aryl methyl sites for hydroxylation is 2. The van der Waals surface area contributed by atoms with E-state index in [0.717, 1.165) is 21.4 Å². The van der Waals surface area contributed by atoms with Crippen LogP contribution in [0.5, 0.6) is 0 Å². The molecule has 84 valence electrons. The molecule has 2 rings (SSSR count). The van der Waals surface area contributed by atoms with Crippen molar-refractivity contribution in [3.63, 3.8) is 0 Å². The van der Waals surface area contributed by atoms with Gasteiger partial charge in [0.15, 0.2) is 5.65 Å². The smallest absolute Gasteiger partial charge is 0.303 e. The number of carboxylic acids is 1. The lowest BCUT2D eigenvalue weighted by Crippen LogP contribution is -2.00. The summed E-state index contributed by atoms with van der Waals surface area (Å²) in [5.41, 5.74) is 2.85. The van der Waals surface area contributed by atoms with Crippen LogP contribution in [-0.2, 0) is 11.2 Å². The van der Waals surface area contributed by atoms with Gasteiger partial charge in [0.05, 0.1) is 10.9 Å². The summed E-state index contributed by atoms with van der Waals surface area (Å²) in [6, 6.07) is 1.99. The second kappa shape index (κ2) is 4.25. The SMILES string of the molecule is Cc1cc(Br)c2ncc(CCC(=O)O)n2c1. The molecule has 0 saturated carbocycles. The molecule has 0 radical (unpaired) electrons. The lowest BCUT2D eigenvalue weighted by Gasteiger charge is -2.03. The predicted octanol–water partition coefficient (Wildman–Crippen LogP) is 2.42. The van der Waals surface area contributed by atoms with E-state index in [4.69, 9.17) is 5.11 Å². The van der Waals surface area contributed by atoms with Crippen molar-refractivity contribution >= 4 is 27.5 Å². The normalized spacial score (nSPS) is 10.9. The first-order chi connectivity index (χ1) is 7.58. The van der Waals surface area contributed by atoms with Gasteiger partial charge in [-0.3, -0.25) is 4.79 Å². The molecule has 16 heavy (non-hydrogen) atoms. The fraction of sp³-hybridized carbons (Fsp3) is 0.273. The molecule has 0 bridgehead atoms. The Morgan fingerprint density at radius 1 is 1.62 bits per heavy atom. The molecule has 1 N–H and O–H groups in total. The molecule has 4 nitrogen and oxygen atoms in total. The molecule has 0 amide bonds. The van der Waals surface area contributed by atoms with Crippen molar-refractivity contribution in [2.45, 2.75) is 19.8 Å². The van der Waals surface area contributed by atoms with E-state index in [0.29, 0.717) is 6.42 Å². The Morgan fingerprint density at radius 3 is 3.06 bits per heavy atom. The van der Waals surface area contributed by atoms with Gasteiger partial charge in [0.25, 0.3) is 0 Å². The lowest BCUT2D eigenvalue weighted by atomic mass is 10.2. The summed E-state index contributed by atoms with van der Waals surface area (Å²) < 4.78 is 2.86. The molecule has 5 heteroatoms. The second-order valence-corrected chi connectivity index (χ2v) is 4.56. The quantitative estimate of drug-likeness (QED) is 0.941. The zero-order valence-corrected chi connectivity index (χ0v) is 10.4. The Hall–Kier alpha value is -1.36. The van der Waals surface area contributed by atoms with E-state index in [1.54, 1.807) is 6.20 Å². The molecule has 0 aromatic carbocycles. The highest BCUT2D eigenvalue weighted by molar-refractivity contribution is 9.10. The fourth-order valence-electron chi connectivity index (χ4n) is 1.64. The lowest BCUT2D eigenvalue weighted by molar-refractivity contribution is -0.136. The average molecular weight is 283 g/mol. The molecule has 0 aliphatic carbocycles. The number of carbonyl (C=O) groups is 1. The van der Waals surface area contributed by atoms with Gasteiger partial charge >= 0.3 is 5.97 Å². The molecular weight excluding hydrogens is 272 g/mol. The van der Waals surface area contributed by atoms with Gasteiger partial charge in [0.2, 0.25) is 0 Å². The van der Waals surface area contributed by atoms with Crippen LogP contribution in [0.4, 0.5) is 0 Å². The molecule has 0 spiro atoms. The van der Waals surface area contributed by atoms with Crippen LogP contribution < -0.4 is 0 Å². The zero-order valence-electron chi connectivity index (χ0n) is 8.77. The Bertz CT molecular complexity index is 548. The zero-order chi connectivity index (χ0) is 11.7. The van der Waals surface area contributed by atoms with Crippen LogP contribution in [0, 0.1) is 6.92 Å². The van der Waals surface area contributed by atoms with E-state index in [-0.39, 0.29) is 6.42 Å². The molecule has 0 fully saturated rings. The van der Waals surface area contributed by atoms with E-state index in [1.165, 1.54) is 0 Å². The number of imidazole rings is 1. The van der Waals surface area contributed by atoms with Crippen LogP contribution in [0.25, 0.3) is 5.65 Å². The highest BCUT2D eigenvalue weighted by Crippen LogP contribution is 2.20. The Labute approximate surface area is 101 Å². The molecule has 0 saturated heterocycles. The van der Waals surface area contributed by atoms with Crippen molar-refractivity contribution in [1.29, 1.82) is 0 Å². The first-order valence-corrected chi connectivity index (χ1v) is 5.71. The third-order valence-electron chi connectivity index (χ3n) is 2.37. The summed E-state index contributed by atoms with van der Waals surface area (Å²) in [5.74, 6) is -0.790. The number of pyridine rings is 1. The number of nitrogens with zero attached hydrogens (tertiary/aromatic N) is 2. The molecule has 2 aromatic heterocycles. The number of fused-ring (bicyclic) bond motifs is 1. The van der Waals surface area contributed by atoms with E-state index in [1.807, 2.05) is 23.6 Å². The van der Waals surface area contributed by atoms with Gasteiger partial charge in [0.1, 0.15) is 0 Å². The number of hydrogen-bond acceptors (Lipinski definition) is 2. The van der Waals surface area contributed by atoms with Crippen molar-refractivity contribution in [3.8, 4) is 0 Å². The van der Waals surface area contributed by atoms with Crippen molar-refractivity contribution in [2.24, 2.45) is 0 Å². The first-order valence-electron chi connectivity index (χ1n) is 4.92. The summed E-state index contributed by atoms with van der Waals surface area (Å²) in [4.78, 5) is 14.8. The van der Waals surface area contributed by atoms with Crippen molar-refractivity contribution in [3.05, 3.63) is 34.2 Å². The Balaban J connectivity index is 2.43. The molecule has 0 unspecified atom stereocenters. The molecule has 0 aliphatic heterocycles. The van der Waals surface area contributed by atoms with E-state index in [9.17, 15) is 4.79 Å². The molecular formula is C11H11BrN2O2. The summed E-state index contributed by atoms with van der Waals surface area (Å²) in [6.07, 6.45) is 4.30. The van der Waals surface area contributed by atoms with Crippen LogP contribution in [0.3, 0.4) is 0 Å². The molecule has 0 atom stereocenters. The largest absolute Gasteiger partial charge is 0.481 e. The van der Waals surface area contributed by atoms with Gasteiger partial charge in [-0.2, -0.15) is 0 Å². The summed E-state index contributed by atoms with van der Waals surface area (Å²) in [7, 11) is 0. The highest BCUT2D eigenvalue weighted by Gasteiger charge is 2.08. The average Bonchev–Trinajstić information content (AvgIpc) is 2.58. The van der Waals surface area contributed by atoms with E-state index < -0.39 is 5.97 Å². The van der Waals surface area contributed by atoms with Crippen LogP contribution >= 0.6 is 15.9 Å². The maximum Gasteiger partial charge on any atom is 0.303 e. The summed E-state index contributed by atoms with van der Waals surface area (Å²) >= 11 is 3.44. The third kappa shape index (κ3) is 2.09. The first kappa shape index (κ1) is 11.1. The monoisotopic (exact) mass is 282 g/mol. The van der Waals surface area contributed by atoms with Crippen LogP contribution in [-0.4, -0.2) is 20.5 Å². The number of aromatic nitrogens is 2. The maximum atomic E-state index is 10.5. The number of rotatable bonds is 3. The third-order valence-corrected chi connectivity index (χ3v) is 2.95. The van der Waals surface area contributed by atoms with Gasteiger partial charge in [-0.05, 0) is 34.5 Å². The van der Waals surface area contributed by atoms with Crippen LogP contribution in [0.15, 0.2) is 22.9 Å². The Kier molecular flexibility index (Phi) is 2.96. The minimum atomic E-state index is -0.790. The standard InChI is InChI=1S/C11H11BrN2O2/c1-7-4-9(12)11-13-5-8(14(11)6-7)2-3-10(15)16/h4-6H,2-3H2,1H3,(H,15,16). The van der Waals surface area contributed by atoms with Gasteiger partial charge in [0, 0.05) is 24.5 Å². The second-order valence-electron chi connectivity index (χ2n) is 3.70. The van der Waals surface area contributed by atoms with E-state index in [2.05, 4.69) is 20.9 Å². The fourth-order valence-corrected chi connectivity index (χ4v) is 2.30. The Morgan fingerprint density at radius 2 is 2.38 bits per heavy atom. The highest BCUT2D eigenvalue weighted by atomic mass is 79.9. The number of carboxylic acid groups (broad SMARTS) is 1. The van der Waals surface area contributed by atoms with Crippen molar-refractivity contribution in [2.75, 3.05) is 0 Å². The molecule has 0 aliphatic rings. The summed E-state index contributed by atoms with van der Waals surface area (Å²) in [6.45, 7) is 1.99. The number of aliphatic carboxylic acids is 1. The summed E-state index contributed by atoms with van der Waals surface area (Å²) in [5, 5.41) is 8.65. The predicted molar refractivity (Wildman–Crippen MR) is 63.6 cm³/mol. The van der Waals surface area contributed by atoms with E-state index >= 15 is 0 Å². The minimum Gasteiger partial charge on any atom is -0.481 e. The van der Waals surface area contributed by atoms with Gasteiger partial charge in [-0.1, -0.05) is 0 Å². The van der Waals surface area contributed by atoms with Gasteiger partial charge < -0.3 is 9.51 Å². The number of hydrogen-bond donors (Lipinski definition) is 1. The molecule has 2 heterocycles. The van der Waals surface area contributed by atoms with Gasteiger partial charge in [-0.15, -0.1) is 0 Å². The number of halogens is 1. The van der Waals surface area contributed by atoms with Crippen molar-refractivity contribution < 1.29 is 9.90 Å².